The van der Waals surface area contributed by atoms with Crippen LogP contribution >= 0.6 is 0 Å². The summed E-state index contributed by atoms with van der Waals surface area (Å²) in [6.07, 6.45) is -4.42. The van der Waals surface area contributed by atoms with E-state index >= 15 is 0 Å². The van der Waals surface area contributed by atoms with Crippen LogP contribution in [0, 0.1) is 11.7 Å². The minimum absolute atomic E-state index is 0.0125. The lowest BCUT2D eigenvalue weighted by Gasteiger charge is -2.19. The minimum Gasteiger partial charge on any atom is -0.330 e. The number of rotatable bonds is 5. The number of alkyl halides is 3. The highest BCUT2D eigenvalue weighted by Crippen LogP contribution is 2.32. The summed E-state index contributed by atoms with van der Waals surface area (Å²) < 4.78 is 50.9. The van der Waals surface area contributed by atoms with Gasteiger partial charge in [-0.15, -0.1) is 0 Å². The number of nitrogens with two attached hydrogens (primary N) is 1. The molecule has 0 aliphatic heterocycles. The van der Waals surface area contributed by atoms with Crippen LogP contribution in [0.3, 0.4) is 0 Å². The summed E-state index contributed by atoms with van der Waals surface area (Å²) in [5.74, 6) is -1.91. The second-order valence-corrected chi connectivity index (χ2v) is 3.95. The predicted molar refractivity (Wildman–Crippen MR) is 57.9 cm³/mol. The molecular weight excluding hydrogens is 234 g/mol. The molecule has 17 heavy (non-hydrogen) atoms. The summed E-state index contributed by atoms with van der Waals surface area (Å²) in [6, 6.07) is 5.88. The Morgan fingerprint density at radius 3 is 2.29 bits per heavy atom. The van der Waals surface area contributed by atoms with Gasteiger partial charge < -0.3 is 5.73 Å². The fourth-order valence-corrected chi connectivity index (χ4v) is 1.70. The highest BCUT2D eigenvalue weighted by atomic mass is 19.4. The van der Waals surface area contributed by atoms with Gasteiger partial charge in [0.15, 0.2) is 0 Å². The Balaban J connectivity index is 2.61. The normalized spacial score (nSPS) is 13.7. The first-order valence-corrected chi connectivity index (χ1v) is 5.45. The molecule has 0 aromatic heterocycles. The van der Waals surface area contributed by atoms with Crippen LogP contribution in [-0.2, 0) is 6.42 Å². The Morgan fingerprint density at radius 2 is 1.76 bits per heavy atom. The molecule has 0 heterocycles. The topological polar surface area (TPSA) is 26.0 Å². The monoisotopic (exact) mass is 249 g/mol. The number of hydrogen-bond acceptors (Lipinski definition) is 1. The van der Waals surface area contributed by atoms with Gasteiger partial charge in [-0.05, 0) is 37.4 Å². The van der Waals surface area contributed by atoms with E-state index in [0.29, 0.717) is 5.56 Å². The van der Waals surface area contributed by atoms with Crippen molar-refractivity contribution in [3.8, 4) is 0 Å². The van der Waals surface area contributed by atoms with E-state index in [1.54, 1.807) is 6.07 Å². The Labute approximate surface area is 97.6 Å². The predicted octanol–water partition coefficient (Wildman–Crippen LogP) is 3.29. The molecule has 1 aromatic rings. The van der Waals surface area contributed by atoms with E-state index in [1.165, 1.54) is 18.2 Å². The number of benzene rings is 1. The number of halogens is 4. The van der Waals surface area contributed by atoms with Crippen molar-refractivity contribution >= 4 is 0 Å². The average Bonchev–Trinajstić information content (AvgIpc) is 2.24. The lowest BCUT2D eigenvalue weighted by atomic mass is 9.96. The molecule has 0 bridgehead atoms. The third-order valence-corrected chi connectivity index (χ3v) is 2.70. The third-order valence-electron chi connectivity index (χ3n) is 2.70. The molecule has 0 aliphatic carbocycles. The lowest BCUT2D eigenvalue weighted by molar-refractivity contribution is -0.177. The minimum atomic E-state index is -4.26. The summed E-state index contributed by atoms with van der Waals surface area (Å²) in [5, 5.41) is 0. The smallest absolute Gasteiger partial charge is 0.330 e. The molecule has 0 fully saturated rings. The zero-order valence-corrected chi connectivity index (χ0v) is 9.30. The number of aryl methyl sites for hydroxylation is 1. The molecule has 0 saturated heterocycles. The summed E-state index contributed by atoms with van der Waals surface area (Å²) >= 11 is 0. The van der Waals surface area contributed by atoms with E-state index < -0.39 is 17.9 Å². The SMILES string of the molecule is NCCC(CCc1ccccc1F)C(F)(F)F. The van der Waals surface area contributed by atoms with E-state index in [2.05, 4.69) is 0 Å². The zero-order chi connectivity index (χ0) is 12.9. The summed E-state index contributed by atoms with van der Waals surface area (Å²) in [5.41, 5.74) is 5.47. The maximum Gasteiger partial charge on any atom is 0.391 e. The van der Waals surface area contributed by atoms with Crippen LogP contribution in [0.5, 0.6) is 0 Å². The third kappa shape index (κ3) is 4.34. The van der Waals surface area contributed by atoms with Crippen molar-refractivity contribution in [1.82, 2.24) is 0 Å². The van der Waals surface area contributed by atoms with Gasteiger partial charge in [0.05, 0.1) is 5.92 Å². The second kappa shape index (κ2) is 6.00. The molecule has 1 rings (SSSR count). The fourth-order valence-electron chi connectivity index (χ4n) is 1.70. The molecule has 2 N–H and O–H groups in total. The molecule has 1 unspecified atom stereocenters. The molecule has 5 heteroatoms. The van der Waals surface area contributed by atoms with Gasteiger partial charge in [0.1, 0.15) is 5.82 Å². The van der Waals surface area contributed by atoms with Gasteiger partial charge in [0.2, 0.25) is 0 Å². The van der Waals surface area contributed by atoms with Crippen molar-refractivity contribution in [3.05, 3.63) is 35.6 Å². The Morgan fingerprint density at radius 1 is 1.12 bits per heavy atom. The lowest BCUT2D eigenvalue weighted by Crippen LogP contribution is -2.26. The first-order valence-electron chi connectivity index (χ1n) is 5.45. The molecule has 0 aliphatic rings. The summed E-state index contributed by atoms with van der Waals surface area (Å²) in [6.45, 7) is -0.0125. The molecule has 1 aromatic carbocycles. The Hall–Kier alpha value is -1.10. The Bertz CT molecular complexity index is 349. The maximum atomic E-state index is 13.2. The summed E-state index contributed by atoms with van der Waals surface area (Å²) in [4.78, 5) is 0. The standard InChI is InChI=1S/C12H15F4N/c13-11-4-2-1-3-9(11)5-6-10(7-8-17)12(14,15)16/h1-4,10H,5-8,17H2. The molecule has 0 amide bonds. The molecule has 0 saturated carbocycles. The largest absolute Gasteiger partial charge is 0.391 e. The van der Waals surface area contributed by atoms with E-state index in [1.807, 2.05) is 0 Å². The molecular formula is C12H15F4N. The summed E-state index contributed by atoms with van der Waals surface area (Å²) in [7, 11) is 0. The van der Waals surface area contributed by atoms with E-state index in [4.69, 9.17) is 5.73 Å². The molecule has 0 radical (unpaired) electrons. The van der Waals surface area contributed by atoms with E-state index in [0.717, 1.165) is 0 Å². The van der Waals surface area contributed by atoms with Gasteiger partial charge in [-0.25, -0.2) is 4.39 Å². The van der Waals surface area contributed by atoms with Crippen LogP contribution in [-0.4, -0.2) is 12.7 Å². The zero-order valence-electron chi connectivity index (χ0n) is 9.30. The van der Waals surface area contributed by atoms with Crippen LogP contribution in [0.1, 0.15) is 18.4 Å². The number of hydrogen-bond donors (Lipinski definition) is 1. The highest BCUT2D eigenvalue weighted by Gasteiger charge is 2.38. The second-order valence-electron chi connectivity index (χ2n) is 3.95. The fraction of sp³-hybridized carbons (Fsp3) is 0.500. The molecule has 1 nitrogen and oxygen atoms in total. The van der Waals surface area contributed by atoms with Crippen LogP contribution in [0.2, 0.25) is 0 Å². The quantitative estimate of drug-likeness (QED) is 0.796. The first kappa shape index (κ1) is 14.0. The van der Waals surface area contributed by atoms with Crippen molar-refractivity contribution in [2.45, 2.75) is 25.4 Å². The molecule has 96 valence electrons. The van der Waals surface area contributed by atoms with Crippen LogP contribution < -0.4 is 5.73 Å². The molecule has 0 spiro atoms. The van der Waals surface area contributed by atoms with Crippen molar-refractivity contribution in [2.75, 3.05) is 6.54 Å². The van der Waals surface area contributed by atoms with Gasteiger partial charge in [-0.3, -0.25) is 0 Å². The van der Waals surface area contributed by atoms with Gasteiger partial charge in [0.25, 0.3) is 0 Å². The molecule has 1 atom stereocenters. The van der Waals surface area contributed by atoms with E-state index in [-0.39, 0.29) is 25.8 Å². The van der Waals surface area contributed by atoms with Crippen molar-refractivity contribution in [3.63, 3.8) is 0 Å². The average molecular weight is 249 g/mol. The van der Waals surface area contributed by atoms with Gasteiger partial charge >= 0.3 is 6.18 Å². The Kier molecular flexibility index (Phi) is 4.93. The van der Waals surface area contributed by atoms with Crippen molar-refractivity contribution in [1.29, 1.82) is 0 Å². The van der Waals surface area contributed by atoms with Crippen molar-refractivity contribution < 1.29 is 17.6 Å². The van der Waals surface area contributed by atoms with Crippen LogP contribution in [0.15, 0.2) is 24.3 Å². The van der Waals surface area contributed by atoms with Crippen LogP contribution in [0.25, 0.3) is 0 Å². The highest BCUT2D eigenvalue weighted by molar-refractivity contribution is 5.17. The van der Waals surface area contributed by atoms with Gasteiger partial charge in [-0.1, -0.05) is 18.2 Å². The van der Waals surface area contributed by atoms with E-state index in [9.17, 15) is 17.6 Å². The van der Waals surface area contributed by atoms with Gasteiger partial charge in [0, 0.05) is 0 Å². The van der Waals surface area contributed by atoms with Crippen LogP contribution in [0.4, 0.5) is 17.6 Å². The van der Waals surface area contributed by atoms with Gasteiger partial charge in [-0.2, -0.15) is 13.2 Å². The first-order chi connectivity index (χ1) is 7.95. The van der Waals surface area contributed by atoms with Crippen molar-refractivity contribution in [2.24, 2.45) is 11.7 Å². The maximum absolute atomic E-state index is 13.2.